The predicted molar refractivity (Wildman–Crippen MR) is 49.7 cm³/mol. The second-order valence-corrected chi connectivity index (χ2v) is 4.64. The van der Waals surface area contributed by atoms with E-state index in [0.29, 0.717) is 5.03 Å². The fourth-order valence-corrected chi connectivity index (χ4v) is 2.64. The molecule has 4 nitrogen and oxygen atoms in total. The summed E-state index contributed by atoms with van der Waals surface area (Å²) in [6, 6.07) is 0. The molecule has 0 amide bonds. The largest absolute Gasteiger partial charge is 0.315 e. The van der Waals surface area contributed by atoms with Gasteiger partial charge in [0.25, 0.3) is 0 Å². The van der Waals surface area contributed by atoms with Crippen molar-refractivity contribution < 1.29 is 4.21 Å². The highest BCUT2D eigenvalue weighted by Crippen LogP contribution is 2.12. The van der Waals surface area contributed by atoms with Gasteiger partial charge in [0.2, 0.25) is 0 Å². The van der Waals surface area contributed by atoms with E-state index in [0.717, 1.165) is 19.5 Å². The van der Waals surface area contributed by atoms with Gasteiger partial charge in [0.1, 0.15) is 5.03 Å². The highest BCUT2D eigenvalue weighted by atomic mass is 32.2. The molecular formula is C8H11N3OS. The highest BCUT2D eigenvalue weighted by molar-refractivity contribution is 7.85. The second kappa shape index (κ2) is 3.93. The van der Waals surface area contributed by atoms with Crippen molar-refractivity contribution in [2.24, 2.45) is 0 Å². The number of hydrogen-bond donors (Lipinski definition) is 1. The first-order chi connectivity index (χ1) is 6.38. The average Bonchev–Trinajstić information content (AvgIpc) is 2.71. The minimum absolute atomic E-state index is 0.205. The minimum Gasteiger partial charge on any atom is -0.315 e. The van der Waals surface area contributed by atoms with Gasteiger partial charge in [0, 0.05) is 18.9 Å². The van der Waals surface area contributed by atoms with Gasteiger partial charge >= 0.3 is 0 Å². The molecule has 1 saturated heterocycles. The van der Waals surface area contributed by atoms with Crippen molar-refractivity contribution in [1.82, 2.24) is 15.3 Å². The quantitative estimate of drug-likeness (QED) is 0.722. The van der Waals surface area contributed by atoms with Crippen LogP contribution >= 0.6 is 0 Å². The topological polar surface area (TPSA) is 54.9 Å². The number of nitrogens with one attached hydrogen (secondary N) is 1. The Labute approximate surface area is 79.2 Å². The summed E-state index contributed by atoms with van der Waals surface area (Å²) >= 11 is 0. The van der Waals surface area contributed by atoms with Gasteiger partial charge in [-0.05, 0) is 13.0 Å². The van der Waals surface area contributed by atoms with Crippen molar-refractivity contribution in [3.8, 4) is 0 Å². The fourth-order valence-electron chi connectivity index (χ4n) is 1.37. The van der Waals surface area contributed by atoms with E-state index in [4.69, 9.17) is 0 Å². The van der Waals surface area contributed by atoms with Gasteiger partial charge in [-0.15, -0.1) is 0 Å². The number of rotatable bonds is 2. The molecule has 2 heterocycles. The molecule has 0 aliphatic carbocycles. The Morgan fingerprint density at radius 2 is 2.46 bits per heavy atom. The van der Waals surface area contributed by atoms with E-state index < -0.39 is 10.8 Å². The molecule has 13 heavy (non-hydrogen) atoms. The first-order valence-electron chi connectivity index (χ1n) is 4.25. The molecule has 1 N–H and O–H groups in total. The third-order valence-electron chi connectivity index (χ3n) is 2.06. The zero-order valence-corrected chi connectivity index (χ0v) is 7.96. The molecular weight excluding hydrogens is 186 g/mol. The van der Waals surface area contributed by atoms with Crippen molar-refractivity contribution in [3.63, 3.8) is 0 Å². The second-order valence-electron chi connectivity index (χ2n) is 2.96. The van der Waals surface area contributed by atoms with E-state index in [2.05, 4.69) is 15.3 Å². The molecule has 1 fully saturated rings. The zero-order chi connectivity index (χ0) is 9.10. The Kier molecular flexibility index (Phi) is 2.65. The molecule has 0 saturated carbocycles. The normalized spacial score (nSPS) is 24.5. The van der Waals surface area contributed by atoms with Crippen molar-refractivity contribution in [1.29, 1.82) is 0 Å². The molecule has 2 atom stereocenters. The minimum atomic E-state index is -0.995. The SMILES string of the molecule is O=S(c1cnccn1)[C@@H]1CCNC1. The Hall–Kier alpha value is -0.810. The Morgan fingerprint density at radius 1 is 1.54 bits per heavy atom. The number of hydrogen-bond acceptors (Lipinski definition) is 4. The molecule has 0 radical (unpaired) electrons. The lowest BCUT2D eigenvalue weighted by Crippen LogP contribution is -2.19. The highest BCUT2D eigenvalue weighted by Gasteiger charge is 2.22. The molecule has 0 bridgehead atoms. The van der Waals surface area contributed by atoms with E-state index in [9.17, 15) is 4.21 Å². The van der Waals surface area contributed by atoms with Crippen LogP contribution in [0.5, 0.6) is 0 Å². The Morgan fingerprint density at radius 3 is 3.08 bits per heavy atom. The lowest BCUT2D eigenvalue weighted by Gasteiger charge is -2.05. The van der Waals surface area contributed by atoms with E-state index in [-0.39, 0.29) is 5.25 Å². The lowest BCUT2D eigenvalue weighted by molar-refractivity contribution is 0.668. The molecule has 1 aliphatic rings. The molecule has 0 spiro atoms. The Balaban J connectivity index is 2.13. The number of nitrogens with zero attached hydrogens (tertiary/aromatic N) is 2. The van der Waals surface area contributed by atoms with Crippen molar-refractivity contribution in [2.75, 3.05) is 13.1 Å². The van der Waals surface area contributed by atoms with Gasteiger partial charge in [0.15, 0.2) is 0 Å². The summed E-state index contributed by atoms with van der Waals surface area (Å²) in [6.07, 6.45) is 5.71. The van der Waals surface area contributed by atoms with Crippen LogP contribution in [0, 0.1) is 0 Å². The van der Waals surface area contributed by atoms with Crippen LogP contribution in [-0.2, 0) is 10.8 Å². The maximum atomic E-state index is 11.8. The van der Waals surface area contributed by atoms with Gasteiger partial charge in [-0.1, -0.05) is 0 Å². The van der Waals surface area contributed by atoms with Crippen LogP contribution in [0.2, 0.25) is 0 Å². The number of aromatic nitrogens is 2. The Bertz CT molecular complexity index is 298. The van der Waals surface area contributed by atoms with E-state index >= 15 is 0 Å². The first kappa shape index (κ1) is 8.77. The van der Waals surface area contributed by atoms with Gasteiger partial charge in [-0.3, -0.25) is 9.19 Å². The average molecular weight is 197 g/mol. The van der Waals surface area contributed by atoms with Crippen LogP contribution in [0.3, 0.4) is 0 Å². The lowest BCUT2D eigenvalue weighted by atomic mass is 10.4. The molecule has 1 aliphatic heterocycles. The summed E-state index contributed by atoms with van der Waals surface area (Å²) < 4.78 is 11.8. The maximum Gasteiger partial charge on any atom is 0.145 e. The van der Waals surface area contributed by atoms with E-state index in [1.54, 1.807) is 18.6 Å². The third kappa shape index (κ3) is 1.92. The summed E-state index contributed by atoms with van der Waals surface area (Å²) in [4.78, 5) is 7.93. The summed E-state index contributed by atoms with van der Waals surface area (Å²) in [5, 5.41) is 3.98. The van der Waals surface area contributed by atoms with Crippen LogP contribution < -0.4 is 5.32 Å². The van der Waals surface area contributed by atoms with E-state index in [1.165, 1.54) is 0 Å². The molecule has 0 aromatic carbocycles. The van der Waals surface area contributed by atoms with Crippen LogP contribution in [0.25, 0.3) is 0 Å². The monoisotopic (exact) mass is 197 g/mol. The maximum absolute atomic E-state index is 11.8. The predicted octanol–water partition coefficient (Wildman–Crippen LogP) is -0.0539. The fraction of sp³-hybridized carbons (Fsp3) is 0.500. The molecule has 70 valence electrons. The third-order valence-corrected chi connectivity index (χ3v) is 3.69. The molecule has 2 rings (SSSR count). The van der Waals surface area contributed by atoms with Crippen LogP contribution in [0.1, 0.15) is 6.42 Å². The molecule has 1 aromatic rings. The molecule has 5 heteroatoms. The summed E-state index contributed by atoms with van der Waals surface area (Å²) in [5.74, 6) is 0. The summed E-state index contributed by atoms with van der Waals surface area (Å²) in [7, 11) is -0.995. The van der Waals surface area contributed by atoms with Crippen LogP contribution in [0.15, 0.2) is 23.6 Å². The van der Waals surface area contributed by atoms with Crippen molar-refractivity contribution in [2.45, 2.75) is 16.7 Å². The van der Waals surface area contributed by atoms with Crippen molar-refractivity contribution in [3.05, 3.63) is 18.6 Å². The summed E-state index contributed by atoms with van der Waals surface area (Å²) in [6.45, 7) is 1.78. The van der Waals surface area contributed by atoms with E-state index in [1.807, 2.05) is 0 Å². The smallest absolute Gasteiger partial charge is 0.145 e. The van der Waals surface area contributed by atoms with Gasteiger partial charge < -0.3 is 5.32 Å². The van der Waals surface area contributed by atoms with Gasteiger partial charge in [-0.25, -0.2) is 4.98 Å². The van der Waals surface area contributed by atoms with Crippen LogP contribution in [-0.4, -0.2) is 32.5 Å². The van der Waals surface area contributed by atoms with Gasteiger partial charge in [-0.2, -0.15) is 0 Å². The zero-order valence-electron chi connectivity index (χ0n) is 7.14. The van der Waals surface area contributed by atoms with Gasteiger partial charge in [0.05, 0.1) is 22.2 Å². The molecule has 1 aromatic heterocycles. The first-order valence-corrected chi connectivity index (χ1v) is 5.46. The summed E-state index contributed by atoms with van der Waals surface area (Å²) in [5.41, 5.74) is 0. The standard InChI is InChI=1S/C8H11N3OS/c12-13(7-1-2-9-5-7)8-6-10-3-4-11-8/h3-4,6-7,9H,1-2,5H2/t7-,13?/m1/s1. The van der Waals surface area contributed by atoms with Crippen molar-refractivity contribution >= 4 is 10.8 Å². The van der Waals surface area contributed by atoms with Crippen LogP contribution in [0.4, 0.5) is 0 Å². The molecule has 1 unspecified atom stereocenters.